The van der Waals surface area contributed by atoms with Gasteiger partial charge >= 0.3 is 11.9 Å². The molecule has 0 heterocycles. The molecule has 0 spiro atoms. The van der Waals surface area contributed by atoms with Gasteiger partial charge in [-0.3, -0.25) is 9.59 Å². The summed E-state index contributed by atoms with van der Waals surface area (Å²) in [5.41, 5.74) is 0. The average Bonchev–Trinajstić information content (AvgIpc) is 2.72. The summed E-state index contributed by atoms with van der Waals surface area (Å²) in [7, 11) is 0. The number of aliphatic hydroxyl groups excluding tert-OH is 1. The van der Waals surface area contributed by atoms with Crippen molar-refractivity contribution in [3.05, 3.63) is 0 Å². The lowest BCUT2D eigenvalue weighted by atomic mass is 10.0. The highest BCUT2D eigenvalue weighted by Gasteiger charge is 2.16. The summed E-state index contributed by atoms with van der Waals surface area (Å²) in [4.78, 5) is 23.6. The molecule has 0 aromatic rings. The predicted molar refractivity (Wildman–Crippen MR) is 122 cm³/mol. The molecule has 0 aromatic carbocycles. The van der Waals surface area contributed by atoms with E-state index in [-0.39, 0.29) is 25.2 Å². The number of unbranched alkanes of at least 4 members (excludes halogenated alkanes) is 11. The van der Waals surface area contributed by atoms with Gasteiger partial charge in [0, 0.05) is 12.8 Å². The summed E-state index contributed by atoms with van der Waals surface area (Å²) >= 11 is 0. The van der Waals surface area contributed by atoms with Crippen molar-refractivity contribution in [2.75, 3.05) is 13.2 Å². The van der Waals surface area contributed by atoms with Crippen molar-refractivity contribution >= 4 is 11.9 Å². The van der Waals surface area contributed by atoms with Crippen LogP contribution in [0.15, 0.2) is 0 Å². The molecule has 178 valence electrons. The van der Waals surface area contributed by atoms with E-state index in [2.05, 4.69) is 20.8 Å². The monoisotopic (exact) mass is 428 g/mol. The van der Waals surface area contributed by atoms with Crippen LogP contribution < -0.4 is 0 Å². The maximum atomic E-state index is 11.9. The van der Waals surface area contributed by atoms with Gasteiger partial charge in [0.2, 0.25) is 0 Å². The van der Waals surface area contributed by atoms with Crippen molar-refractivity contribution in [2.24, 2.45) is 5.92 Å². The Balaban J connectivity index is 3.62. The van der Waals surface area contributed by atoms with Crippen LogP contribution in [0.2, 0.25) is 0 Å². The second kappa shape index (κ2) is 21.1. The maximum Gasteiger partial charge on any atom is 0.306 e. The fourth-order valence-electron chi connectivity index (χ4n) is 3.38. The van der Waals surface area contributed by atoms with Crippen LogP contribution >= 0.6 is 0 Å². The zero-order valence-electron chi connectivity index (χ0n) is 20.0. The molecule has 0 saturated carbocycles. The van der Waals surface area contributed by atoms with Crippen LogP contribution in [0.1, 0.15) is 124 Å². The van der Waals surface area contributed by atoms with Crippen molar-refractivity contribution in [1.82, 2.24) is 0 Å². The molecule has 0 fully saturated rings. The van der Waals surface area contributed by atoms with Gasteiger partial charge in [-0.2, -0.15) is 0 Å². The van der Waals surface area contributed by atoms with E-state index in [0.29, 0.717) is 12.8 Å². The molecule has 0 aliphatic rings. The van der Waals surface area contributed by atoms with Gasteiger partial charge in [-0.25, -0.2) is 0 Å². The average molecular weight is 429 g/mol. The lowest BCUT2D eigenvalue weighted by molar-refractivity contribution is -0.161. The molecule has 5 nitrogen and oxygen atoms in total. The summed E-state index contributed by atoms with van der Waals surface area (Å²) in [5, 5.41) is 9.35. The lowest BCUT2D eigenvalue weighted by Crippen LogP contribution is -2.28. The molecule has 1 N–H and O–H groups in total. The van der Waals surface area contributed by atoms with Gasteiger partial charge in [0.15, 0.2) is 6.10 Å². The van der Waals surface area contributed by atoms with Crippen molar-refractivity contribution < 1.29 is 24.2 Å². The highest BCUT2D eigenvalue weighted by atomic mass is 16.6. The van der Waals surface area contributed by atoms with Crippen molar-refractivity contribution in [1.29, 1.82) is 0 Å². The zero-order chi connectivity index (χ0) is 22.5. The number of ether oxygens (including phenoxy) is 2. The third-order valence-electron chi connectivity index (χ3n) is 5.33. The van der Waals surface area contributed by atoms with Crippen LogP contribution in [0.25, 0.3) is 0 Å². The molecule has 0 bridgehead atoms. The van der Waals surface area contributed by atoms with Crippen LogP contribution in [0.5, 0.6) is 0 Å². The van der Waals surface area contributed by atoms with Gasteiger partial charge in [0.05, 0.1) is 6.61 Å². The second-order valence-corrected chi connectivity index (χ2v) is 8.90. The molecule has 0 aliphatic heterocycles. The van der Waals surface area contributed by atoms with E-state index in [0.717, 1.165) is 44.4 Å². The first-order valence-electron chi connectivity index (χ1n) is 12.5. The maximum absolute atomic E-state index is 11.9. The Bertz CT molecular complexity index is 408. The van der Waals surface area contributed by atoms with Crippen molar-refractivity contribution in [2.45, 2.75) is 130 Å². The topological polar surface area (TPSA) is 72.8 Å². The summed E-state index contributed by atoms with van der Waals surface area (Å²) in [6.07, 6.45) is 16.1. The summed E-state index contributed by atoms with van der Waals surface area (Å²) in [5.74, 6) is 0.200. The number of aliphatic hydroxyl groups is 1. The number of esters is 2. The zero-order valence-corrected chi connectivity index (χ0v) is 20.0. The molecule has 0 radical (unpaired) electrons. The van der Waals surface area contributed by atoms with E-state index in [1.54, 1.807) is 0 Å². The molecule has 30 heavy (non-hydrogen) atoms. The summed E-state index contributed by atoms with van der Waals surface area (Å²) < 4.78 is 10.4. The van der Waals surface area contributed by atoms with Crippen molar-refractivity contribution in [3.63, 3.8) is 0 Å². The second-order valence-electron chi connectivity index (χ2n) is 8.90. The molecule has 0 rings (SSSR count). The lowest BCUT2D eigenvalue weighted by Gasteiger charge is -2.15. The Hall–Kier alpha value is -1.10. The molecule has 0 saturated heterocycles. The van der Waals surface area contributed by atoms with Crippen LogP contribution in [-0.2, 0) is 19.1 Å². The molecule has 0 aromatic heterocycles. The first-order chi connectivity index (χ1) is 14.5. The Labute approximate surface area is 185 Å². The minimum Gasteiger partial charge on any atom is -0.462 e. The van der Waals surface area contributed by atoms with E-state index in [1.807, 2.05) is 0 Å². The molecule has 0 unspecified atom stereocenters. The van der Waals surface area contributed by atoms with Gasteiger partial charge in [-0.15, -0.1) is 0 Å². The fourth-order valence-corrected chi connectivity index (χ4v) is 3.38. The van der Waals surface area contributed by atoms with Crippen molar-refractivity contribution in [3.8, 4) is 0 Å². The van der Waals surface area contributed by atoms with Crippen LogP contribution in [-0.4, -0.2) is 36.4 Å². The molecule has 1 atom stereocenters. The van der Waals surface area contributed by atoms with E-state index in [9.17, 15) is 14.7 Å². The van der Waals surface area contributed by atoms with Gasteiger partial charge < -0.3 is 14.6 Å². The number of hydrogen-bond acceptors (Lipinski definition) is 5. The Morgan fingerprint density at radius 3 is 1.77 bits per heavy atom. The third kappa shape index (κ3) is 20.2. The predicted octanol–water partition coefficient (Wildman–Crippen LogP) is 6.35. The number of carbonyl (C=O) groups excluding carboxylic acids is 2. The van der Waals surface area contributed by atoms with Crippen LogP contribution in [0, 0.1) is 5.92 Å². The Kier molecular flexibility index (Phi) is 20.4. The minimum atomic E-state index is -0.757. The molecular weight excluding hydrogens is 380 g/mol. The largest absolute Gasteiger partial charge is 0.462 e. The molecule has 5 heteroatoms. The van der Waals surface area contributed by atoms with Gasteiger partial charge in [0.1, 0.15) is 6.61 Å². The van der Waals surface area contributed by atoms with Crippen LogP contribution in [0.4, 0.5) is 0 Å². The highest BCUT2D eigenvalue weighted by molar-refractivity contribution is 5.70. The smallest absolute Gasteiger partial charge is 0.306 e. The fraction of sp³-hybridized carbons (Fsp3) is 0.920. The number of rotatable bonds is 21. The molecule has 0 amide bonds. The van der Waals surface area contributed by atoms with E-state index < -0.39 is 6.10 Å². The van der Waals surface area contributed by atoms with Gasteiger partial charge in [0.25, 0.3) is 0 Å². The number of carbonyl (C=O) groups is 2. The first-order valence-corrected chi connectivity index (χ1v) is 12.5. The summed E-state index contributed by atoms with van der Waals surface area (Å²) in [6, 6.07) is 0. The van der Waals surface area contributed by atoms with Crippen LogP contribution in [0.3, 0.4) is 0 Å². The quantitative estimate of drug-likeness (QED) is 0.170. The minimum absolute atomic E-state index is 0.0627. The van der Waals surface area contributed by atoms with E-state index in [4.69, 9.17) is 9.47 Å². The standard InChI is InChI=1S/C25H48O5/c1-4-5-6-11-15-18-24(27)29-21-23(20-26)30-25(28)19-16-13-10-8-7-9-12-14-17-22(2)3/h22-23,26H,4-21H2,1-3H3/t23-/m0/s1. The SMILES string of the molecule is CCCCCCCC(=O)OC[C@H](CO)OC(=O)CCCCCCCCCCC(C)C. The van der Waals surface area contributed by atoms with Gasteiger partial charge in [-0.1, -0.05) is 97.8 Å². The normalized spacial score (nSPS) is 12.2. The van der Waals surface area contributed by atoms with E-state index in [1.165, 1.54) is 51.4 Å². The number of hydrogen-bond donors (Lipinski definition) is 1. The van der Waals surface area contributed by atoms with Gasteiger partial charge in [-0.05, 0) is 18.8 Å². The Morgan fingerprint density at radius 1 is 0.733 bits per heavy atom. The van der Waals surface area contributed by atoms with E-state index >= 15 is 0 Å². The molecule has 0 aliphatic carbocycles. The first kappa shape index (κ1) is 28.9. The summed E-state index contributed by atoms with van der Waals surface area (Å²) in [6.45, 7) is 6.31. The Morgan fingerprint density at radius 2 is 1.23 bits per heavy atom. The third-order valence-corrected chi connectivity index (χ3v) is 5.33. The highest BCUT2D eigenvalue weighted by Crippen LogP contribution is 2.13. The molecular formula is C25H48O5.